The molecule has 0 saturated carbocycles. The first-order valence-electron chi connectivity index (χ1n) is 8.55. The molecule has 0 saturated heterocycles. The molecule has 1 aromatic carbocycles. The van der Waals surface area contributed by atoms with Gasteiger partial charge in [0, 0.05) is 24.2 Å². The second-order valence-electron chi connectivity index (χ2n) is 7.36. The van der Waals surface area contributed by atoms with Crippen LogP contribution in [0.3, 0.4) is 0 Å². The van der Waals surface area contributed by atoms with Crippen LogP contribution in [-0.2, 0) is 17.7 Å². The summed E-state index contributed by atoms with van der Waals surface area (Å²) in [5.74, 6) is -5.61. The van der Waals surface area contributed by atoms with Gasteiger partial charge in [-0.25, -0.2) is 18.0 Å². The number of halogens is 3. The van der Waals surface area contributed by atoms with Gasteiger partial charge >= 0.3 is 6.09 Å². The highest BCUT2D eigenvalue weighted by Crippen LogP contribution is 2.26. The van der Waals surface area contributed by atoms with Crippen LogP contribution in [0.15, 0.2) is 12.1 Å². The minimum atomic E-state index is -1.73. The number of H-pyrrole nitrogens is 1. The molecule has 1 aliphatic heterocycles. The Bertz CT molecular complexity index is 937. The van der Waals surface area contributed by atoms with Crippen molar-refractivity contribution in [1.29, 1.82) is 0 Å². The standard InChI is InChI=1S/C18H19F3N4O3/c1-18(2,3)28-17(27)25-7-6-12-10(8-25)15(24-23-12)22-16(26)9-4-5-11(19)14(21)13(9)20/h4-5H,6-8H2,1-3H3,(H2,22,23,24,26). The molecule has 0 fully saturated rings. The largest absolute Gasteiger partial charge is 0.444 e. The molecule has 0 atom stereocenters. The lowest BCUT2D eigenvalue weighted by molar-refractivity contribution is 0.0224. The van der Waals surface area contributed by atoms with Gasteiger partial charge in [-0.05, 0) is 32.9 Å². The SMILES string of the molecule is CC(C)(C)OC(=O)N1CCc2[nH]nc(NC(=O)c3ccc(F)c(F)c3F)c2C1. The summed E-state index contributed by atoms with van der Waals surface area (Å²) < 4.78 is 45.6. The number of aromatic amines is 1. The van der Waals surface area contributed by atoms with E-state index in [4.69, 9.17) is 4.74 Å². The predicted octanol–water partition coefficient (Wildman–Crippen LogP) is 3.37. The van der Waals surface area contributed by atoms with Crippen molar-refractivity contribution in [2.45, 2.75) is 39.3 Å². The topological polar surface area (TPSA) is 87.3 Å². The summed E-state index contributed by atoms with van der Waals surface area (Å²) in [5, 5.41) is 9.10. The molecule has 0 aliphatic carbocycles. The van der Waals surface area contributed by atoms with Crippen molar-refractivity contribution in [3.05, 3.63) is 46.4 Å². The molecule has 150 valence electrons. The summed E-state index contributed by atoms with van der Waals surface area (Å²) in [4.78, 5) is 26.0. The maximum atomic E-state index is 13.8. The number of fused-ring (bicyclic) bond motifs is 1. The van der Waals surface area contributed by atoms with Crippen LogP contribution in [0, 0.1) is 17.5 Å². The molecule has 2 aromatic rings. The van der Waals surface area contributed by atoms with E-state index in [9.17, 15) is 22.8 Å². The fourth-order valence-corrected chi connectivity index (χ4v) is 2.76. The summed E-state index contributed by atoms with van der Waals surface area (Å²) >= 11 is 0. The van der Waals surface area contributed by atoms with Crippen LogP contribution in [0.25, 0.3) is 0 Å². The van der Waals surface area contributed by atoms with Gasteiger partial charge in [0.25, 0.3) is 5.91 Å². The van der Waals surface area contributed by atoms with Crippen LogP contribution in [0.4, 0.5) is 23.8 Å². The average Bonchev–Trinajstić information content (AvgIpc) is 3.00. The van der Waals surface area contributed by atoms with Gasteiger partial charge in [-0.3, -0.25) is 9.89 Å². The summed E-state index contributed by atoms with van der Waals surface area (Å²) in [6, 6.07) is 1.51. The Morgan fingerprint density at radius 3 is 2.61 bits per heavy atom. The first-order chi connectivity index (χ1) is 13.1. The minimum Gasteiger partial charge on any atom is -0.444 e. The number of benzene rings is 1. The summed E-state index contributed by atoms with van der Waals surface area (Å²) in [6.45, 7) is 5.77. The molecule has 2 N–H and O–H groups in total. The molecule has 7 nitrogen and oxygen atoms in total. The van der Waals surface area contributed by atoms with Crippen LogP contribution >= 0.6 is 0 Å². The second kappa shape index (κ2) is 7.17. The third kappa shape index (κ3) is 3.95. The third-order valence-electron chi connectivity index (χ3n) is 4.10. The quantitative estimate of drug-likeness (QED) is 0.762. The van der Waals surface area contributed by atoms with Gasteiger partial charge in [0.15, 0.2) is 23.3 Å². The molecule has 1 aliphatic rings. The van der Waals surface area contributed by atoms with Gasteiger partial charge in [0.1, 0.15) is 5.60 Å². The Labute approximate surface area is 158 Å². The number of carbonyl (C=O) groups excluding carboxylic acids is 2. The predicted molar refractivity (Wildman–Crippen MR) is 93.2 cm³/mol. The van der Waals surface area contributed by atoms with E-state index < -0.39 is 40.6 Å². The molecule has 2 amide bonds. The molecule has 10 heteroatoms. The lowest BCUT2D eigenvalue weighted by Crippen LogP contribution is -2.40. The normalized spacial score (nSPS) is 13.9. The Morgan fingerprint density at radius 1 is 1.21 bits per heavy atom. The number of anilines is 1. The van der Waals surface area contributed by atoms with Crippen LogP contribution in [0.1, 0.15) is 42.4 Å². The molecule has 0 bridgehead atoms. The van der Waals surface area contributed by atoms with Gasteiger partial charge in [-0.15, -0.1) is 0 Å². The maximum Gasteiger partial charge on any atom is 0.410 e. The number of ether oxygens (including phenoxy) is 1. The first kappa shape index (κ1) is 19.7. The van der Waals surface area contributed by atoms with Crippen molar-refractivity contribution in [2.75, 3.05) is 11.9 Å². The van der Waals surface area contributed by atoms with Gasteiger partial charge < -0.3 is 15.0 Å². The Balaban J connectivity index is 1.78. The van der Waals surface area contributed by atoms with Crippen LogP contribution in [0.5, 0.6) is 0 Å². The summed E-state index contributed by atoms with van der Waals surface area (Å²) in [5.41, 5.74) is -0.0700. The maximum absolute atomic E-state index is 13.8. The molecule has 3 rings (SSSR count). The number of hydrogen-bond donors (Lipinski definition) is 2. The molecular weight excluding hydrogens is 377 g/mol. The number of aromatic nitrogens is 2. The van der Waals surface area contributed by atoms with Crippen LogP contribution in [0.2, 0.25) is 0 Å². The van der Waals surface area contributed by atoms with Crippen molar-refractivity contribution in [3.63, 3.8) is 0 Å². The molecule has 0 spiro atoms. The van der Waals surface area contributed by atoms with Crippen molar-refractivity contribution in [3.8, 4) is 0 Å². The molecular formula is C18H19F3N4O3. The lowest BCUT2D eigenvalue weighted by Gasteiger charge is -2.30. The minimum absolute atomic E-state index is 0.0809. The van der Waals surface area contributed by atoms with Crippen LogP contribution in [-0.4, -0.2) is 39.2 Å². The number of amides is 2. The zero-order valence-corrected chi connectivity index (χ0v) is 15.5. The molecule has 1 aromatic heterocycles. The van der Waals surface area contributed by atoms with E-state index in [2.05, 4.69) is 15.5 Å². The smallest absolute Gasteiger partial charge is 0.410 e. The zero-order chi connectivity index (χ0) is 20.6. The van der Waals surface area contributed by atoms with Gasteiger partial charge in [0.2, 0.25) is 0 Å². The summed E-state index contributed by atoms with van der Waals surface area (Å²) in [6.07, 6.45) is -0.0555. The molecule has 28 heavy (non-hydrogen) atoms. The number of nitrogens with zero attached hydrogens (tertiary/aromatic N) is 2. The monoisotopic (exact) mass is 396 g/mol. The van der Waals surface area contributed by atoms with Gasteiger partial charge in [-0.1, -0.05) is 0 Å². The van der Waals surface area contributed by atoms with E-state index in [-0.39, 0.29) is 12.4 Å². The molecule has 2 heterocycles. The molecule has 0 radical (unpaired) electrons. The van der Waals surface area contributed by atoms with Gasteiger partial charge in [0.05, 0.1) is 12.1 Å². The fraction of sp³-hybridized carbons (Fsp3) is 0.389. The lowest BCUT2D eigenvalue weighted by atomic mass is 10.1. The average molecular weight is 396 g/mol. The van der Waals surface area contributed by atoms with E-state index in [0.717, 1.165) is 6.07 Å². The van der Waals surface area contributed by atoms with Crippen molar-refractivity contribution in [1.82, 2.24) is 15.1 Å². The highest BCUT2D eigenvalue weighted by molar-refractivity contribution is 6.04. The van der Waals surface area contributed by atoms with Gasteiger partial charge in [-0.2, -0.15) is 5.10 Å². The number of carbonyl (C=O) groups is 2. The van der Waals surface area contributed by atoms with Crippen molar-refractivity contribution < 1.29 is 27.5 Å². The highest BCUT2D eigenvalue weighted by Gasteiger charge is 2.29. The van der Waals surface area contributed by atoms with E-state index in [0.29, 0.717) is 30.3 Å². The Morgan fingerprint density at radius 2 is 1.93 bits per heavy atom. The Hall–Kier alpha value is -3.04. The van der Waals surface area contributed by atoms with E-state index in [1.54, 1.807) is 20.8 Å². The van der Waals surface area contributed by atoms with Crippen molar-refractivity contribution >= 4 is 17.8 Å². The van der Waals surface area contributed by atoms with Crippen LogP contribution < -0.4 is 5.32 Å². The van der Waals surface area contributed by atoms with Crippen molar-refractivity contribution in [2.24, 2.45) is 0 Å². The Kier molecular flexibility index (Phi) is 5.05. The number of rotatable bonds is 2. The highest BCUT2D eigenvalue weighted by atomic mass is 19.2. The summed E-state index contributed by atoms with van der Waals surface area (Å²) in [7, 11) is 0. The third-order valence-corrected chi connectivity index (χ3v) is 4.10. The van der Waals surface area contributed by atoms with E-state index in [1.165, 1.54) is 4.90 Å². The fourth-order valence-electron chi connectivity index (χ4n) is 2.76. The number of nitrogens with one attached hydrogen (secondary N) is 2. The van der Waals surface area contributed by atoms with E-state index in [1.807, 2.05) is 0 Å². The number of hydrogen-bond acceptors (Lipinski definition) is 4. The van der Waals surface area contributed by atoms with E-state index >= 15 is 0 Å². The first-order valence-corrected chi connectivity index (χ1v) is 8.55. The second-order valence-corrected chi connectivity index (χ2v) is 7.36. The molecule has 0 unspecified atom stereocenters. The zero-order valence-electron chi connectivity index (χ0n) is 15.5.